The van der Waals surface area contributed by atoms with Crippen LogP contribution in [-0.2, 0) is 9.53 Å². The molecule has 6 nitrogen and oxygen atoms in total. The molecule has 1 saturated heterocycles. The molecule has 2 aromatic heterocycles. The Balaban J connectivity index is 1.59. The first-order valence-corrected chi connectivity index (χ1v) is 10.9. The van der Waals surface area contributed by atoms with Gasteiger partial charge in [-0.1, -0.05) is 60.3 Å². The van der Waals surface area contributed by atoms with Gasteiger partial charge >= 0.3 is 0 Å². The van der Waals surface area contributed by atoms with Crippen molar-refractivity contribution in [3.8, 4) is 0 Å². The minimum absolute atomic E-state index is 0.0858. The molecule has 0 radical (unpaired) electrons. The van der Waals surface area contributed by atoms with E-state index in [2.05, 4.69) is 33.7 Å². The van der Waals surface area contributed by atoms with Gasteiger partial charge in [0.05, 0.1) is 18.7 Å². The van der Waals surface area contributed by atoms with E-state index in [1.165, 1.54) is 11.8 Å². The number of benzene rings is 2. The molecule has 0 saturated carbocycles. The van der Waals surface area contributed by atoms with Crippen LogP contribution in [-0.4, -0.2) is 51.7 Å². The molecule has 2 aromatic carbocycles. The Labute approximate surface area is 178 Å². The van der Waals surface area contributed by atoms with Crippen molar-refractivity contribution in [3.63, 3.8) is 0 Å². The number of thioether (sulfide) groups is 1. The molecule has 4 aromatic rings. The van der Waals surface area contributed by atoms with Crippen LogP contribution in [0.2, 0.25) is 0 Å². The van der Waals surface area contributed by atoms with E-state index in [0.29, 0.717) is 26.3 Å². The smallest absolute Gasteiger partial charge is 0.240 e. The molecule has 1 atom stereocenters. The second kappa shape index (κ2) is 8.08. The summed E-state index contributed by atoms with van der Waals surface area (Å²) in [6.07, 6.45) is 0. The van der Waals surface area contributed by atoms with Crippen molar-refractivity contribution >= 4 is 34.2 Å². The second-order valence-electron chi connectivity index (χ2n) is 7.37. The molecule has 0 unspecified atom stereocenters. The van der Waals surface area contributed by atoms with E-state index in [0.717, 1.165) is 32.8 Å². The third kappa shape index (κ3) is 3.44. The van der Waals surface area contributed by atoms with Gasteiger partial charge in [0.1, 0.15) is 5.25 Å². The number of carbonyl (C=O) groups is 1. The third-order valence-corrected chi connectivity index (χ3v) is 6.63. The summed E-state index contributed by atoms with van der Waals surface area (Å²) in [4.78, 5) is 15.4. The van der Waals surface area contributed by atoms with E-state index >= 15 is 0 Å². The van der Waals surface area contributed by atoms with E-state index in [-0.39, 0.29) is 5.91 Å². The van der Waals surface area contributed by atoms with Crippen molar-refractivity contribution in [2.45, 2.75) is 17.3 Å². The Kier molecular flexibility index (Phi) is 5.14. The van der Waals surface area contributed by atoms with Gasteiger partial charge in [0.25, 0.3) is 0 Å². The number of hydrogen-bond donors (Lipinski definition) is 0. The summed E-state index contributed by atoms with van der Waals surface area (Å²) in [6.45, 7) is 4.47. The van der Waals surface area contributed by atoms with Crippen LogP contribution in [0, 0.1) is 6.92 Å². The summed E-state index contributed by atoms with van der Waals surface area (Å²) in [7, 11) is 0. The summed E-state index contributed by atoms with van der Waals surface area (Å²) < 4.78 is 7.48. The molecule has 30 heavy (non-hydrogen) atoms. The largest absolute Gasteiger partial charge is 0.378 e. The van der Waals surface area contributed by atoms with Gasteiger partial charge in [-0.2, -0.15) is 0 Å². The lowest BCUT2D eigenvalue weighted by Crippen LogP contribution is -2.42. The summed E-state index contributed by atoms with van der Waals surface area (Å²) in [6, 6.07) is 20.2. The number of carbonyl (C=O) groups excluding carboxylic acids is 1. The number of aryl methyl sites for hydroxylation is 1. The fourth-order valence-corrected chi connectivity index (χ4v) is 5.03. The third-order valence-electron chi connectivity index (χ3n) is 5.45. The minimum Gasteiger partial charge on any atom is -0.378 e. The Morgan fingerprint density at radius 2 is 1.77 bits per heavy atom. The van der Waals surface area contributed by atoms with Gasteiger partial charge in [-0.15, -0.1) is 10.2 Å². The van der Waals surface area contributed by atoms with Crippen LogP contribution in [0.15, 0.2) is 65.8 Å². The number of nitrogens with zero attached hydrogens (tertiary/aromatic N) is 4. The molecular weight excluding hydrogens is 396 g/mol. The number of aromatic nitrogens is 3. The predicted molar refractivity (Wildman–Crippen MR) is 118 cm³/mol. The number of fused-ring (bicyclic) bond motifs is 3. The maximum Gasteiger partial charge on any atom is 0.240 e. The van der Waals surface area contributed by atoms with E-state index < -0.39 is 5.25 Å². The fourth-order valence-electron chi connectivity index (χ4n) is 3.89. The van der Waals surface area contributed by atoms with E-state index in [1.807, 2.05) is 53.4 Å². The first-order chi connectivity index (χ1) is 14.7. The predicted octanol–water partition coefficient (Wildman–Crippen LogP) is 3.88. The van der Waals surface area contributed by atoms with Crippen LogP contribution in [0.3, 0.4) is 0 Å². The molecule has 0 aliphatic carbocycles. The molecule has 1 aliphatic heterocycles. The van der Waals surface area contributed by atoms with Crippen LogP contribution in [0.5, 0.6) is 0 Å². The van der Waals surface area contributed by atoms with Crippen molar-refractivity contribution in [3.05, 3.63) is 71.8 Å². The van der Waals surface area contributed by atoms with Crippen molar-refractivity contribution in [2.75, 3.05) is 26.3 Å². The number of pyridine rings is 1. The van der Waals surface area contributed by atoms with Crippen molar-refractivity contribution in [1.29, 1.82) is 0 Å². The van der Waals surface area contributed by atoms with Gasteiger partial charge in [-0.3, -0.25) is 9.20 Å². The zero-order valence-electron chi connectivity index (χ0n) is 16.7. The number of rotatable bonds is 4. The summed E-state index contributed by atoms with van der Waals surface area (Å²) in [5.41, 5.74) is 3.96. The normalized spacial score (nSPS) is 15.6. The molecule has 0 spiro atoms. The maximum absolute atomic E-state index is 13.5. The van der Waals surface area contributed by atoms with Gasteiger partial charge in [-0.05, 0) is 30.2 Å². The highest BCUT2D eigenvalue weighted by atomic mass is 32.2. The van der Waals surface area contributed by atoms with Gasteiger partial charge < -0.3 is 9.64 Å². The minimum atomic E-state index is -0.392. The van der Waals surface area contributed by atoms with Crippen molar-refractivity contribution in [2.24, 2.45) is 0 Å². The van der Waals surface area contributed by atoms with Gasteiger partial charge in [0, 0.05) is 18.5 Å². The highest BCUT2D eigenvalue weighted by molar-refractivity contribution is 8.00. The number of morpholine rings is 1. The quantitative estimate of drug-likeness (QED) is 0.471. The Morgan fingerprint density at radius 1 is 1.03 bits per heavy atom. The van der Waals surface area contributed by atoms with Crippen LogP contribution in [0.4, 0.5) is 0 Å². The molecule has 5 rings (SSSR count). The summed E-state index contributed by atoms with van der Waals surface area (Å²) in [5, 5.41) is 10.3. The standard InChI is InChI=1S/C23H22N4O2S/c1-16-15-20-24-25-23(27(20)19-10-6-5-9-18(16)19)30-21(17-7-3-2-4-8-17)22(28)26-11-13-29-14-12-26/h2-10,15,21H,11-14H2,1H3/t21-/m1/s1. The maximum atomic E-state index is 13.5. The van der Waals surface area contributed by atoms with Crippen LogP contribution >= 0.6 is 11.8 Å². The lowest BCUT2D eigenvalue weighted by molar-refractivity contribution is -0.134. The van der Waals surface area contributed by atoms with Gasteiger partial charge in [0.2, 0.25) is 5.91 Å². The first kappa shape index (κ1) is 19.1. The van der Waals surface area contributed by atoms with Crippen LogP contribution in [0.25, 0.3) is 16.6 Å². The lowest BCUT2D eigenvalue weighted by Gasteiger charge is -2.30. The average Bonchev–Trinajstić information content (AvgIpc) is 3.21. The number of para-hydroxylation sites is 1. The highest BCUT2D eigenvalue weighted by Crippen LogP contribution is 2.37. The summed E-state index contributed by atoms with van der Waals surface area (Å²) >= 11 is 1.46. The van der Waals surface area contributed by atoms with Crippen LogP contribution in [0.1, 0.15) is 16.4 Å². The molecular formula is C23H22N4O2S. The molecule has 0 N–H and O–H groups in total. The highest BCUT2D eigenvalue weighted by Gasteiger charge is 2.30. The zero-order valence-corrected chi connectivity index (χ0v) is 17.5. The Bertz CT molecular complexity index is 1200. The zero-order chi connectivity index (χ0) is 20.5. The Hall–Kier alpha value is -2.90. The monoisotopic (exact) mass is 418 g/mol. The molecule has 152 valence electrons. The van der Waals surface area contributed by atoms with E-state index in [9.17, 15) is 4.79 Å². The molecule has 1 fully saturated rings. The van der Waals surface area contributed by atoms with E-state index in [1.54, 1.807) is 0 Å². The summed E-state index contributed by atoms with van der Waals surface area (Å²) in [5.74, 6) is 0.0858. The van der Waals surface area contributed by atoms with Crippen molar-refractivity contribution in [1.82, 2.24) is 19.5 Å². The molecule has 1 aliphatic rings. The lowest BCUT2D eigenvalue weighted by atomic mass is 10.1. The van der Waals surface area contributed by atoms with Crippen LogP contribution < -0.4 is 0 Å². The first-order valence-electron chi connectivity index (χ1n) is 10.0. The number of amides is 1. The molecule has 7 heteroatoms. The van der Waals surface area contributed by atoms with E-state index in [4.69, 9.17) is 4.74 Å². The number of ether oxygens (including phenoxy) is 1. The topological polar surface area (TPSA) is 59.7 Å². The molecule has 1 amide bonds. The number of hydrogen-bond acceptors (Lipinski definition) is 5. The second-order valence-corrected chi connectivity index (χ2v) is 8.44. The van der Waals surface area contributed by atoms with Crippen molar-refractivity contribution < 1.29 is 9.53 Å². The Morgan fingerprint density at radius 3 is 2.57 bits per heavy atom. The average molecular weight is 419 g/mol. The SMILES string of the molecule is Cc1cc2nnc(S[C@@H](C(=O)N3CCOCC3)c3ccccc3)n2c2ccccc12. The fraction of sp³-hybridized carbons (Fsp3) is 0.261. The van der Waals surface area contributed by atoms with Gasteiger partial charge in [0.15, 0.2) is 10.8 Å². The molecule has 3 heterocycles. The van der Waals surface area contributed by atoms with Gasteiger partial charge in [-0.25, -0.2) is 0 Å². The molecule has 0 bridgehead atoms.